The summed E-state index contributed by atoms with van der Waals surface area (Å²) in [5, 5.41) is 6.48. The molecule has 1 aromatic heterocycles. The Morgan fingerprint density at radius 2 is 1.96 bits per heavy atom. The van der Waals surface area contributed by atoms with Gasteiger partial charge in [-0.05, 0) is 51.9 Å². The Labute approximate surface area is 167 Å². The van der Waals surface area contributed by atoms with Crippen molar-refractivity contribution in [2.45, 2.75) is 38.3 Å². The summed E-state index contributed by atoms with van der Waals surface area (Å²) in [6.45, 7) is 11.5. The highest BCUT2D eigenvalue weighted by Crippen LogP contribution is 2.31. The second-order valence-corrected chi connectivity index (χ2v) is 9.33. The molecule has 0 unspecified atom stereocenters. The van der Waals surface area contributed by atoms with Gasteiger partial charge in [0.1, 0.15) is 5.56 Å². The molecule has 2 bridgehead atoms. The van der Waals surface area contributed by atoms with E-state index in [2.05, 4.69) is 41.3 Å². The fourth-order valence-electron chi connectivity index (χ4n) is 4.88. The summed E-state index contributed by atoms with van der Waals surface area (Å²) < 4.78 is 1.85. The van der Waals surface area contributed by atoms with Crippen molar-refractivity contribution in [1.29, 1.82) is 0 Å². The van der Waals surface area contributed by atoms with Gasteiger partial charge < -0.3 is 20.1 Å². The van der Waals surface area contributed by atoms with Crippen LogP contribution in [0, 0.1) is 5.92 Å². The third-order valence-electron chi connectivity index (χ3n) is 6.79. The molecule has 0 aliphatic carbocycles. The summed E-state index contributed by atoms with van der Waals surface area (Å²) in [7, 11) is 2.14. The fourth-order valence-corrected chi connectivity index (χ4v) is 4.88. The molecule has 0 aromatic carbocycles. The standard InChI is InChI=1S/C21H33N5O2/c1-21(2,25-8-6-24(3)7-9-25)14-23-19(27)17-4-5-18-16-10-15(11-22-12-16)13-26(18)20(17)28/h4-5,15-16,22H,6-14H2,1-3H3,(H,23,27)/t15-,16+/m0/s1. The lowest BCUT2D eigenvalue weighted by molar-refractivity contribution is 0.0587. The van der Waals surface area contributed by atoms with E-state index in [0.29, 0.717) is 24.9 Å². The van der Waals surface area contributed by atoms with Gasteiger partial charge in [0.15, 0.2) is 0 Å². The Morgan fingerprint density at radius 3 is 2.71 bits per heavy atom. The highest BCUT2D eigenvalue weighted by Gasteiger charge is 2.33. The number of piperidine rings is 1. The van der Waals surface area contributed by atoms with Crippen molar-refractivity contribution in [2.75, 3.05) is 52.9 Å². The normalized spacial score (nSPS) is 26.0. The van der Waals surface area contributed by atoms with Crippen LogP contribution >= 0.6 is 0 Å². The van der Waals surface area contributed by atoms with Gasteiger partial charge in [-0.15, -0.1) is 0 Å². The number of hydrogen-bond acceptors (Lipinski definition) is 5. The Hall–Kier alpha value is -1.70. The number of hydrogen-bond donors (Lipinski definition) is 2. The van der Waals surface area contributed by atoms with Gasteiger partial charge in [-0.2, -0.15) is 0 Å². The predicted octanol–water partition coefficient (Wildman–Crippen LogP) is 0.311. The molecule has 0 spiro atoms. The molecular weight excluding hydrogens is 354 g/mol. The van der Waals surface area contributed by atoms with Gasteiger partial charge >= 0.3 is 0 Å². The van der Waals surface area contributed by atoms with Crippen molar-refractivity contribution in [3.63, 3.8) is 0 Å². The minimum absolute atomic E-state index is 0.135. The molecule has 0 radical (unpaired) electrons. The number of carbonyl (C=O) groups is 1. The van der Waals surface area contributed by atoms with Gasteiger partial charge in [0, 0.05) is 63.0 Å². The number of likely N-dealkylation sites (N-methyl/N-ethyl adjacent to an activating group) is 1. The molecule has 28 heavy (non-hydrogen) atoms. The van der Waals surface area contributed by atoms with Crippen molar-refractivity contribution in [3.8, 4) is 0 Å². The first-order chi connectivity index (χ1) is 13.3. The first kappa shape index (κ1) is 19.6. The number of nitrogens with one attached hydrogen (secondary N) is 2. The van der Waals surface area contributed by atoms with Crippen LogP contribution in [0.2, 0.25) is 0 Å². The number of carbonyl (C=O) groups excluding carboxylic acids is 1. The van der Waals surface area contributed by atoms with E-state index < -0.39 is 0 Å². The summed E-state index contributed by atoms with van der Waals surface area (Å²) >= 11 is 0. The first-order valence-corrected chi connectivity index (χ1v) is 10.5. The predicted molar refractivity (Wildman–Crippen MR) is 110 cm³/mol. The van der Waals surface area contributed by atoms with Crippen LogP contribution in [-0.2, 0) is 6.54 Å². The number of aromatic nitrogens is 1. The molecular formula is C21H33N5O2. The number of rotatable bonds is 4. The number of amides is 1. The molecule has 4 rings (SSSR count). The van der Waals surface area contributed by atoms with E-state index in [1.165, 1.54) is 0 Å². The molecule has 1 aromatic rings. The lowest BCUT2D eigenvalue weighted by Gasteiger charge is -2.43. The maximum atomic E-state index is 13.0. The van der Waals surface area contributed by atoms with E-state index in [9.17, 15) is 9.59 Å². The lowest BCUT2D eigenvalue weighted by atomic mass is 9.84. The maximum Gasteiger partial charge on any atom is 0.263 e. The van der Waals surface area contributed by atoms with Crippen molar-refractivity contribution in [1.82, 2.24) is 25.0 Å². The molecule has 2 atom stereocenters. The van der Waals surface area contributed by atoms with Crippen molar-refractivity contribution < 1.29 is 4.79 Å². The van der Waals surface area contributed by atoms with Gasteiger partial charge in [-0.3, -0.25) is 14.5 Å². The monoisotopic (exact) mass is 387 g/mol. The van der Waals surface area contributed by atoms with Crippen LogP contribution in [0.1, 0.15) is 42.2 Å². The molecule has 4 heterocycles. The topological polar surface area (TPSA) is 69.6 Å². The Bertz CT molecular complexity index is 794. The van der Waals surface area contributed by atoms with Crippen molar-refractivity contribution in [3.05, 3.63) is 33.7 Å². The molecule has 7 heteroatoms. The Balaban J connectivity index is 1.45. The van der Waals surface area contributed by atoms with E-state index in [0.717, 1.165) is 51.4 Å². The fraction of sp³-hybridized carbons (Fsp3) is 0.714. The third-order valence-corrected chi connectivity index (χ3v) is 6.79. The highest BCUT2D eigenvalue weighted by atomic mass is 16.2. The summed E-state index contributed by atoms with van der Waals surface area (Å²) in [5.74, 6) is 0.614. The van der Waals surface area contributed by atoms with Gasteiger partial charge in [-0.1, -0.05) is 0 Å². The third kappa shape index (κ3) is 3.75. The van der Waals surface area contributed by atoms with E-state index in [1.54, 1.807) is 6.07 Å². The molecule has 3 aliphatic heterocycles. The van der Waals surface area contributed by atoms with E-state index >= 15 is 0 Å². The Kier molecular flexibility index (Phi) is 5.33. The summed E-state index contributed by atoms with van der Waals surface area (Å²) in [6.07, 6.45) is 1.14. The van der Waals surface area contributed by atoms with Crippen LogP contribution in [0.25, 0.3) is 0 Å². The molecule has 3 aliphatic rings. The molecule has 2 fully saturated rings. The van der Waals surface area contributed by atoms with Crippen molar-refractivity contribution in [2.24, 2.45) is 5.92 Å². The van der Waals surface area contributed by atoms with Crippen LogP contribution in [0.4, 0.5) is 0 Å². The van der Waals surface area contributed by atoms with Crippen LogP contribution in [0.3, 0.4) is 0 Å². The van der Waals surface area contributed by atoms with Crippen LogP contribution in [-0.4, -0.2) is 78.7 Å². The minimum atomic E-state index is -0.253. The summed E-state index contributed by atoms with van der Waals surface area (Å²) in [5.41, 5.74) is 1.07. The smallest absolute Gasteiger partial charge is 0.263 e. The first-order valence-electron chi connectivity index (χ1n) is 10.5. The van der Waals surface area contributed by atoms with Crippen molar-refractivity contribution >= 4 is 5.91 Å². The second kappa shape index (κ2) is 7.61. The largest absolute Gasteiger partial charge is 0.350 e. The number of fused-ring (bicyclic) bond motifs is 4. The van der Waals surface area contributed by atoms with Gasteiger partial charge in [0.25, 0.3) is 11.5 Å². The molecule has 0 saturated carbocycles. The quantitative estimate of drug-likeness (QED) is 0.778. The number of piperazine rings is 1. The minimum Gasteiger partial charge on any atom is -0.350 e. The zero-order valence-electron chi connectivity index (χ0n) is 17.3. The van der Waals surface area contributed by atoms with E-state index in [1.807, 2.05) is 10.6 Å². The Morgan fingerprint density at radius 1 is 1.21 bits per heavy atom. The molecule has 1 amide bonds. The van der Waals surface area contributed by atoms with Gasteiger partial charge in [0.2, 0.25) is 0 Å². The zero-order chi connectivity index (χ0) is 19.9. The SMILES string of the molecule is CN1CCN(C(C)(C)CNC(=O)c2ccc3n(c2=O)C[C@@H]2CNC[C@H]3C2)CC1. The van der Waals surface area contributed by atoms with E-state index in [-0.39, 0.29) is 22.6 Å². The molecule has 2 saturated heterocycles. The highest BCUT2D eigenvalue weighted by molar-refractivity contribution is 5.93. The number of nitrogens with zero attached hydrogens (tertiary/aromatic N) is 3. The molecule has 7 nitrogen and oxygen atoms in total. The summed E-state index contributed by atoms with van der Waals surface area (Å²) in [4.78, 5) is 30.6. The van der Waals surface area contributed by atoms with Crippen LogP contribution in [0.15, 0.2) is 16.9 Å². The number of pyridine rings is 1. The maximum absolute atomic E-state index is 13.0. The van der Waals surface area contributed by atoms with Gasteiger partial charge in [0.05, 0.1) is 0 Å². The molecule has 2 N–H and O–H groups in total. The lowest BCUT2D eigenvalue weighted by Crippen LogP contribution is -2.58. The van der Waals surface area contributed by atoms with Crippen LogP contribution < -0.4 is 16.2 Å². The van der Waals surface area contributed by atoms with Crippen LogP contribution in [0.5, 0.6) is 0 Å². The molecule has 154 valence electrons. The van der Waals surface area contributed by atoms with E-state index in [4.69, 9.17) is 0 Å². The average molecular weight is 388 g/mol. The van der Waals surface area contributed by atoms with Gasteiger partial charge in [-0.25, -0.2) is 0 Å². The second-order valence-electron chi connectivity index (χ2n) is 9.33. The average Bonchev–Trinajstić information content (AvgIpc) is 2.68. The zero-order valence-corrected chi connectivity index (χ0v) is 17.3. The summed E-state index contributed by atoms with van der Waals surface area (Å²) in [6, 6.07) is 3.71.